The van der Waals surface area contributed by atoms with Crippen LogP contribution >= 0.6 is 11.9 Å². The number of phenolic OH excluding ortho intramolecular Hbond substituents is 1. The molecule has 1 N–H and O–H groups in total. The Morgan fingerprint density at radius 2 is 1.70 bits per heavy atom. The maximum Gasteiger partial charge on any atom is 0.309 e. The molecule has 0 radical (unpaired) electrons. The van der Waals surface area contributed by atoms with Crippen molar-refractivity contribution in [2.24, 2.45) is 0 Å². The van der Waals surface area contributed by atoms with Crippen molar-refractivity contribution >= 4 is 17.9 Å². The van der Waals surface area contributed by atoms with Gasteiger partial charge in [-0.15, -0.1) is 0 Å². The molecule has 0 aromatic heterocycles. The summed E-state index contributed by atoms with van der Waals surface area (Å²) < 4.78 is 7.23. The highest BCUT2D eigenvalue weighted by atomic mass is 32.2. The van der Waals surface area contributed by atoms with Crippen LogP contribution in [0.15, 0.2) is 77.7 Å². The van der Waals surface area contributed by atoms with Crippen molar-refractivity contribution in [1.29, 1.82) is 0 Å². The van der Waals surface area contributed by atoms with Gasteiger partial charge in [0.25, 0.3) is 0 Å². The predicted octanol–water partition coefficient (Wildman–Crippen LogP) is 4.83. The number of carbonyl (C=O) groups excluding carboxylic acids is 1. The van der Waals surface area contributed by atoms with Gasteiger partial charge in [0, 0.05) is 36.6 Å². The molecule has 0 spiro atoms. The Morgan fingerprint density at radius 3 is 2.36 bits per heavy atom. The molecule has 1 aliphatic rings. The number of phenols is 1. The highest BCUT2D eigenvalue weighted by Gasteiger charge is 2.29. The van der Waals surface area contributed by atoms with Gasteiger partial charge in [-0.05, 0) is 54.3 Å². The lowest BCUT2D eigenvalue weighted by molar-refractivity contribution is -0.139. The Balaban J connectivity index is 1.55. The number of esters is 1. The first-order valence-electron chi connectivity index (χ1n) is 11.2. The molecule has 6 heteroatoms. The van der Waals surface area contributed by atoms with Crippen LogP contribution in [0.3, 0.4) is 0 Å². The Hall–Kier alpha value is -2.80. The van der Waals surface area contributed by atoms with E-state index in [1.165, 1.54) is 17.6 Å². The number of aryl methyl sites for hydroxylation is 1. The molecule has 1 heterocycles. The fourth-order valence-electron chi connectivity index (χ4n) is 4.20. The zero-order valence-corrected chi connectivity index (χ0v) is 19.9. The molecule has 0 amide bonds. The van der Waals surface area contributed by atoms with Crippen molar-refractivity contribution in [2.75, 3.05) is 33.3 Å². The molecule has 3 aromatic carbocycles. The highest BCUT2D eigenvalue weighted by molar-refractivity contribution is 7.97. The minimum absolute atomic E-state index is 0.0877. The van der Waals surface area contributed by atoms with E-state index in [-0.39, 0.29) is 24.2 Å². The van der Waals surface area contributed by atoms with Gasteiger partial charge in [0.15, 0.2) is 0 Å². The van der Waals surface area contributed by atoms with Crippen molar-refractivity contribution in [3.8, 4) is 5.75 Å². The summed E-state index contributed by atoms with van der Waals surface area (Å²) in [5, 5.41) is 10.8. The number of nitrogens with zero attached hydrogens (tertiary/aromatic N) is 2. The molecule has 1 atom stereocenters. The van der Waals surface area contributed by atoms with Crippen LogP contribution in [0.1, 0.15) is 28.3 Å². The van der Waals surface area contributed by atoms with Gasteiger partial charge in [0.1, 0.15) is 5.75 Å². The molecule has 1 unspecified atom stereocenters. The number of benzene rings is 3. The third-order valence-corrected chi connectivity index (χ3v) is 7.08. The van der Waals surface area contributed by atoms with Gasteiger partial charge < -0.3 is 9.84 Å². The van der Waals surface area contributed by atoms with Gasteiger partial charge in [-0.2, -0.15) is 0 Å². The molecule has 172 valence electrons. The molecule has 0 saturated carbocycles. The lowest BCUT2D eigenvalue weighted by atomic mass is 9.93. The minimum atomic E-state index is -0.287. The van der Waals surface area contributed by atoms with Crippen LogP contribution in [0.25, 0.3) is 0 Å². The van der Waals surface area contributed by atoms with Crippen LogP contribution in [0.2, 0.25) is 0 Å². The molecule has 1 saturated heterocycles. The monoisotopic (exact) mass is 462 g/mol. The van der Waals surface area contributed by atoms with Gasteiger partial charge in [0.2, 0.25) is 0 Å². The summed E-state index contributed by atoms with van der Waals surface area (Å²) in [6.45, 7) is 5.69. The SMILES string of the molecule is COC(=O)Cc1ccc(O)c(C(c2ccccc2)N2CCN(Sc3ccc(C)cc3)CC2)c1. The smallest absolute Gasteiger partial charge is 0.309 e. The first-order chi connectivity index (χ1) is 16.0. The Labute approximate surface area is 200 Å². The fraction of sp³-hybridized carbons (Fsp3) is 0.296. The molecule has 5 nitrogen and oxygen atoms in total. The summed E-state index contributed by atoms with van der Waals surface area (Å²) in [7, 11) is 1.39. The van der Waals surface area contributed by atoms with Crippen LogP contribution in [0.5, 0.6) is 5.75 Å². The van der Waals surface area contributed by atoms with Gasteiger partial charge in [-0.25, -0.2) is 4.31 Å². The van der Waals surface area contributed by atoms with E-state index in [1.54, 1.807) is 24.1 Å². The number of ether oxygens (including phenoxy) is 1. The minimum Gasteiger partial charge on any atom is -0.508 e. The summed E-state index contributed by atoms with van der Waals surface area (Å²) in [5.41, 5.74) is 4.05. The van der Waals surface area contributed by atoms with Gasteiger partial charge in [-0.1, -0.05) is 54.1 Å². The number of methoxy groups -OCH3 is 1. The molecular weight excluding hydrogens is 432 g/mol. The van der Waals surface area contributed by atoms with Crippen molar-refractivity contribution in [2.45, 2.75) is 24.3 Å². The van der Waals surface area contributed by atoms with Crippen molar-refractivity contribution in [1.82, 2.24) is 9.21 Å². The van der Waals surface area contributed by atoms with Crippen molar-refractivity contribution < 1.29 is 14.6 Å². The first kappa shape index (κ1) is 23.4. The van der Waals surface area contributed by atoms with E-state index < -0.39 is 0 Å². The third kappa shape index (κ3) is 5.96. The largest absolute Gasteiger partial charge is 0.508 e. The highest BCUT2D eigenvalue weighted by Crippen LogP contribution is 2.36. The number of rotatable bonds is 7. The van der Waals surface area contributed by atoms with Crippen LogP contribution in [0, 0.1) is 6.92 Å². The van der Waals surface area contributed by atoms with Crippen molar-refractivity contribution in [3.63, 3.8) is 0 Å². The second kappa shape index (κ2) is 10.9. The number of aromatic hydroxyl groups is 1. The summed E-state index contributed by atoms with van der Waals surface area (Å²) in [6.07, 6.45) is 0.187. The standard InChI is InChI=1S/C27H30N2O3S/c1-20-8-11-23(12-9-20)33-29-16-14-28(15-17-29)27(22-6-4-3-5-7-22)24-18-21(10-13-25(24)30)19-26(31)32-2/h3-13,18,27,30H,14-17,19H2,1-2H3. The molecule has 0 bridgehead atoms. The van der Waals surface area contributed by atoms with Gasteiger partial charge in [0.05, 0.1) is 19.6 Å². The molecule has 0 aliphatic carbocycles. The quantitative estimate of drug-likeness (QED) is 0.401. The van der Waals surface area contributed by atoms with E-state index in [2.05, 4.69) is 52.5 Å². The van der Waals surface area contributed by atoms with Crippen molar-refractivity contribution in [3.05, 3.63) is 95.1 Å². The van der Waals surface area contributed by atoms with Gasteiger partial charge in [-0.3, -0.25) is 9.69 Å². The Bertz CT molecular complexity index is 1060. The second-order valence-electron chi connectivity index (χ2n) is 8.33. The molecule has 3 aromatic rings. The molecule has 33 heavy (non-hydrogen) atoms. The van der Waals surface area contributed by atoms with Crippen LogP contribution < -0.4 is 0 Å². The normalized spacial score (nSPS) is 15.8. The predicted molar refractivity (Wildman–Crippen MR) is 132 cm³/mol. The average molecular weight is 463 g/mol. The third-order valence-electron chi connectivity index (χ3n) is 5.97. The maximum atomic E-state index is 11.8. The van der Waals surface area contributed by atoms with E-state index in [4.69, 9.17) is 4.74 Å². The van der Waals surface area contributed by atoms with E-state index in [0.717, 1.165) is 42.9 Å². The van der Waals surface area contributed by atoms with Crippen LogP contribution in [0.4, 0.5) is 0 Å². The summed E-state index contributed by atoms with van der Waals surface area (Å²) >= 11 is 1.80. The van der Waals surface area contributed by atoms with Crippen LogP contribution in [-0.4, -0.2) is 53.6 Å². The summed E-state index contributed by atoms with van der Waals surface area (Å²) in [5.74, 6) is -0.0430. The first-order valence-corrected chi connectivity index (χ1v) is 12.0. The lowest BCUT2D eigenvalue weighted by Crippen LogP contribution is -2.45. The molecular formula is C27H30N2O3S. The zero-order valence-electron chi connectivity index (χ0n) is 19.1. The fourth-order valence-corrected chi connectivity index (χ4v) is 5.10. The topological polar surface area (TPSA) is 53.0 Å². The average Bonchev–Trinajstić information content (AvgIpc) is 2.84. The number of carbonyl (C=O) groups is 1. The molecule has 4 rings (SSSR count). The number of hydrogen-bond donors (Lipinski definition) is 1. The summed E-state index contributed by atoms with van der Waals surface area (Å²) in [6, 6.07) is 24.2. The van der Waals surface area contributed by atoms with Gasteiger partial charge >= 0.3 is 5.97 Å². The van der Waals surface area contributed by atoms with E-state index >= 15 is 0 Å². The Morgan fingerprint density at radius 1 is 1.00 bits per heavy atom. The second-order valence-corrected chi connectivity index (χ2v) is 9.50. The van der Waals surface area contributed by atoms with E-state index in [9.17, 15) is 9.90 Å². The molecule has 1 aliphatic heterocycles. The lowest BCUT2D eigenvalue weighted by Gasteiger charge is -2.39. The summed E-state index contributed by atoms with van der Waals surface area (Å²) in [4.78, 5) is 15.5. The maximum absolute atomic E-state index is 11.8. The zero-order chi connectivity index (χ0) is 23.2. The van der Waals surface area contributed by atoms with E-state index in [1.807, 2.05) is 24.3 Å². The van der Waals surface area contributed by atoms with E-state index in [0.29, 0.717) is 0 Å². The Kier molecular flexibility index (Phi) is 7.70. The van der Waals surface area contributed by atoms with Crippen LogP contribution in [-0.2, 0) is 16.0 Å². The number of piperazine rings is 1. The molecule has 1 fully saturated rings. The number of hydrogen-bond acceptors (Lipinski definition) is 6.